The van der Waals surface area contributed by atoms with Crippen LogP contribution in [-0.4, -0.2) is 6.04 Å². The molecule has 2 aromatic heterocycles. The van der Waals surface area contributed by atoms with E-state index in [0.717, 1.165) is 41.6 Å². The lowest BCUT2D eigenvalue weighted by Crippen LogP contribution is -2.30. The largest absolute Gasteiger partial charge is 0.456 e. The van der Waals surface area contributed by atoms with Crippen molar-refractivity contribution in [2.45, 2.75) is 37.1 Å². The summed E-state index contributed by atoms with van der Waals surface area (Å²) < 4.78 is 12.5. The van der Waals surface area contributed by atoms with Gasteiger partial charge in [0.2, 0.25) is 0 Å². The predicted octanol–water partition coefficient (Wildman–Crippen LogP) is 11.6. The molecule has 216 valence electrons. The second-order valence-electron chi connectivity index (χ2n) is 12.8. The second-order valence-corrected chi connectivity index (χ2v) is 12.8. The minimum absolute atomic E-state index is 0.291. The summed E-state index contributed by atoms with van der Waals surface area (Å²) in [6.45, 7) is 0. The lowest BCUT2D eigenvalue weighted by atomic mass is 9.85. The minimum Gasteiger partial charge on any atom is -0.456 e. The lowest BCUT2D eigenvalue weighted by molar-refractivity contribution is 0.565. The van der Waals surface area contributed by atoms with Gasteiger partial charge in [-0.3, -0.25) is 0 Å². The molecule has 10 rings (SSSR count). The fraction of sp³-hybridized carbons (Fsp3) is 0.143. The van der Waals surface area contributed by atoms with Gasteiger partial charge in [-0.15, -0.1) is 0 Å². The van der Waals surface area contributed by atoms with Crippen LogP contribution in [-0.2, 0) is 0 Å². The number of furan rings is 2. The smallest absolute Gasteiger partial charge is 0.135 e. The standard InChI is InChI=1S/C42H31NO2/c1-4-13-37-31(10-1)32-11-2-5-14-38(32)43(37)30-18-21-42-36(25-30)35-24-29(17-20-41(35)45-42)27-9-7-8-26(22-27)28-16-19-40-34(23-28)33-12-3-6-15-39(33)44-40/h1-4,6-13,15-21,23-25,27,32,38H,5,14,22H2. The number of fused-ring (bicyclic) bond motifs is 9. The first-order valence-corrected chi connectivity index (χ1v) is 16.1. The monoisotopic (exact) mass is 581 g/mol. The zero-order chi connectivity index (χ0) is 29.5. The molecule has 7 aromatic rings. The van der Waals surface area contributed by atoms with Gasteiger partial charge in [0, 0.05) is 50.8 Å². The Kier molecular flexibility index (Phi) is 5.36. The average molecular weight is 582 g/mol. The molecule has 0 fully saturated rings. The summed E-state index contributed by atoms with van der Waals surface area (Å²) in [5, 5.41) is 4.72. The lowest BCUT2D eigenvalue weighted by Gasteiger charge is -2.31. The number of para-hydroxylation sites is 2. The van der Waals surface area contributed by atoms with E-state index in [1.807, 2.05) is 12.1 Å². The molecule has 3 unspecified atom stereocenters. The van der Waals surface area contributed by atoms with Crippen LogP contribution >= 0.6 is 0 Å². The molecule has 3 heterocycles. The summed E-state index contributed by atoms with van der Waals surface area (Å²) in [5.74, 6) is 0.742. The second kappa shape index (κ2) is 9.61. The van der Waals surface area contributed by atoms with E-state index in [-0.39, 0.29) is 0 Å². The van der Waals surface area contributed by atoms with E-state index in [0.29, 0.717) is 17.9 Å². The molecular weight excluding hydrogens is 550 g/mol. The fourth-order valence-electron chi connectivity index (χ4n) is 8.13. The third-order valence-electron chi connectivity index (χ3n) is 10.3. The molecule has 0 spiro atoms. The quantitative estimate of drug-likeness (QED) is 0.194. The van der Waals surface area contributed by atoms with Gasteiger partial charge in [0.15, 0.2) is 0 Å². The molecule has 0 radical (unpaired) electrons. The molecule has 0 amide bonds. The number of hydrogen-bond acceptors (Lipinski definition) is 3. The SMILES string of the molecule is C1=CC(c2ccc3oc4ccc(N5c6ccccc6C6C=CCCC65)cc4c3c2)CC(c2ccc3oc4ccccc4c3c2)=C1. The van der Waals surface area contributed by atoms with Gasteiger partial charge in [-0.05, 0) is 96.1 Å². The molecule has 1 aliphatic heterocycles. The van der Waals surface area contributed by atoms with Gasteiger partial charge in [0.25, 0.3) is 0 Å². The van der Waals surface area contributed by atoms with Crippen molar-refractivity contribution in [3.8, 4) is 0 Å². The highest BCUT2D eigenvalue weighted by molar-refractivity contribution is 6.07. The van der Waals surface area contributed by atoms with Crippen molar-refractivity contribution in [3.63, 3.8) is 0 Å². The van der Waals surface area contributed by atoms with Crippen molar-refractivity contribution in [1.29, 1.82) is 0 Å². The maximum Gasteiger partial charge on any atom is 0.135 e. The molecule has 2 aliphatic carbocycles. The first-order chi connectivity index (χ1) is 22.3. The van der Waals surface area contributed by atoms with Gasteiger partial charge in [-0.25, -0.2) is 0 Å². The number of benzene rings is 5. The summed E-state index contributed by atoms with van der Waals surface area (Å²) in [4.78, 5) is 2.58. The van der Waals surface area contributed by atoms with E-state index in [2.05, 4.69) is 126 Å². The fourth-order valence-corrected chi connectivity index (χ4v) is 8.13. The van der Waals surface area contributed by atoms with Crippen molar-refractivity contribution >= 4 is 60.8 Å². The molecule has 0 bridgehead atoms. The van der Waals surface area contributed by atoms with E-state index in [1.54, 1.807) is 0 Å². The number of allylic oxidation sites excluding steroid dienone is 5. The number of nitrogens with zero attached hydrogens (tertiary/aromatic N) is 1. The molecule has 0 saturated carbocycles. The summed E-state index contributed by atoms with van der Waals surface area (Å²) in [6.07, 6.45) is 14.8. The van der Waals surface area contributed by atoms with Crippen LogP contribution in [0.4, 0.5) is 11.4 Å². The number of anilines is 2. The third kappa shape index (κ3) is 3.83. The van der Waals surface area contributed by atoms with Crippen LogP contribution in [0.25, 0.3) is 49.5 Å². The molecule has 3 aliphatic rings. The first-order valence-electron chi connectivity index (χ1n) is 16.1. The molecule has 5 aromatic carbocycles. The maximum absolute atomic E-state index is 6.38. The van der Waals surface area contributed by atoms with Crippen LogP contribution in [0.5, 0.6) is 0 Å². The first kappa shape index (κ1) is 25.1. The number of rotatable bonds is 3. The van der Waals surface area contributed by atoms with Crippen LogP contribution in [0, 0.1) is 0 Å². The minimum atomic E-state index is 0.291. The van der Waals surface area contributed by atoms with E-state index in [4.69, 9.17) is 8.83 Å². The van der Waals surface area contributed by atoms with Gasteiger partial charge < -0.3 is 13.7 Å². The Hall–Kier alpha value is -5.28. The third-order valence-corrected chi connectivity index (χ3v) is 10.3. The summed E-state index contributed by atoms with van der Waals surface area (Å²) in [7, 11) is 0. The van der Waals surface area contributed by atoms with Crippen molar-refractivity contribution in [3.05, 3.63) is 150 Å². The topological polar surface area (TPSA) is 29.5 Å². The summed E-state index contributed by atoms with van der Waals surface area (Å²) in [5.41, 5.74) is 11.7. The highest BCUT2D eigenvalue weighted by Crippen LogP contribution is 2.49. The summed E-state index contributed by atoms with van der Waals surface area (Å²) >= 11 is 0. The molecule has 0 saturated heterocycles. The maximum atomic E-state index is 6.38. The van der Waals surface area contributed by atoms with E-state index < -0.39 is 0 Å². The van der Waals surface area contributed by atoms with E-state index in [1.165, 1.54) is 55.2 Å². The van der Waals surface area contributed by atoms with Crippen LogP contribution in [0.3, 0.4) is 0 Å². The average Bonchev–Trinajstić information content (AvgIpc) is 3.77. The van der Waals surface area contributed by atoms with Gasteiger partial charge >= 0.3 is 0 Å². The van der Waals surface area contributed by atoms with Gasteiger partial charge in [-0.1, -0.05) is 78.9 Å². The molecule has 0 N–H and O–H groups in total. The summed E-state index contributed by atoms with van der Waals surface area (Å²) in [6, 6.07) is 37.8. The predicted molar refractivity (Wildman–Crippen MR) is 185 cm³/mol. The van der Waals surface area contributed by atoms with Crippen molar-refractivity contribution in [2.75, 3.05) is 4.90 Å². The van der Waals surface area contributed by atoms with Crippen molar-refractivity contribution < 1.29 is 8.83 Å². The molecular formula is C42H31NO2. The Labute approximate surface area is 261 Å². The highest BCUT2D eigenvalue weighted by Gasteiger charge is 2.38. The Morgan fingerprint density at radius 1 is 0.644 bits per heavy atom. The molecule has 3 atom stereocenters. The Bertz CT molecular complexity index is 2400. The van der Waals surface area contributed by atoms with Crippen LogP contribution in [0.1, 0.15) is 47.8 Å². The normalized spacial score (nSPS) is 20.8. The Morgan fingerprint density at radius 2 is 1.40 bits per heavy atom. The van der Waals surface area contributed by atoms with Crippen LogP contribution in [0.15, 0.2) is 142 Å². The van der Waals surface area contributed by atoms with Crippen LogP contribution < -0.4 is 4.90 Å². The van der Waals surface area contributed by atoms with Crippen molar-refractivity contribution in [1.82, 2.24) is 0 Å². The molecule has 3 nitrogen and oxygen atoms in total. The van der Waals surface area contributed by atoms with E-state index >= 15 is 0 Å². The molecule has 3 heteroatoms. The molecule has 45 heavy (non-hydrogen) atoms. The van der Waals surface area contributed by atoms with E-state index in [9.17, 15) is 0 Å². The highest BCUT2D eigenvalue weighted by atomic mass is 16.3. The van der Waals surface area contributed by atoms with Crippen LogP contribution in [0.2, 0.25) is 0 Å². The zero-order valence-corrected chi connectivity index (χ0v) is 24.8. The van der Waals surface area contributed by atoms with Crippen molar-refractivity contribution in [2.24, 2.45) is 0 Å². The Morgan fingerprint density at radius 3 is 2.33 bits per heavy atom. The number of hydrogen-bond donors (Lipinski definition) is 0. The van der Waals surface area contributed by atoms with Gasteiger partial charge in [0.05, 0.1) is 0 Å². The van der Waals surface area contributed by atoms with Gasteiger partial charge in [0.1, 0.15) is 22.3 Å². The Balaban J connectivity index is 1.01. The van der Waals surface area contributed by atoms with Gasteiger partial charge in [-0.2, -0.15) is 0 Å². The zero-order valence-electron chi connectivity index (χ0n) is 24.8.